The van der Waals surface area contributed by atoms with Gasteiger partial charge in [0.05, 0.1) is 0 Å². The van der Waals surface area contributed by atoms with E-state index in [1.54, 1.807) is 10.7 Å². The Bertz CT molecular complexity index is 380. The molecule has 5 heteroatoms. The predicted molar refractivity (Wildman–Crippen MR) is 43.5 cm³/mol. The molecule has 0 aliphatic heterocycles. The van der Waals surface area contributed by atoms with Crippen molar-refractivity contribution in [3.63, 3.8) is 0 Å². The second kappa shape index (κ2) is 2.86. The molecule has 0 unspecified atom stereocenters. The highest BCUT2D eigenvalue weighted by atomic mass is 15.3. The fourth-order valence-electron chi connectivity index (χ4n) is 1.05. The van der Waals surface area contributed by atoms with Gasteiger partial charge in [-0.2, -0.15) is 10.1 Å². The third-order valence-corrected chi connectivity index (χ3v) is 1.62. The first-order chi connectivity index (χ1) is 5.90. The third kappa shape index (κ3) is 1.14. The normalized spacial score (nSPS) is 10.8. The van der Waals surface area contributed by atoms with Gasteiger partial charge in [0.25, 0.3) is 5.78 Å². The summed E-state index contributed by atoms with van der Waals surface area (Å²) in [4.78, 5) is 8.02. The van der Waals surface area contributed by atoms with Crippen LogP contribution in [0.5, 0.6) is 0 Å². The zero-order valence-corrected chi connectivity index (χ0v) is 6.51. The predicted octanol–water partition coefficient (Wildman–Crippen LogP) is -0.375. The quantitative estimate of drug-likeness (QED) is 0.655. The molecule has 0 amide bonds. The Balaban J connectivity index is 2.46. The van der Waals surface area contributed by atoms with Crippen LogP contribution in [0, 0.1) is 0 Å². The van der Waals surface area contributed by atoms with Crippen LogP contribution in [0.15, 0.2) is 18.7 Å². The van der Waals surface area contributed by atoms with Crippen LogP contribution in [0.4, 0.5) is 0 Å². The topological polar surface area (TPSA) is 69.1 Å². The number of fused-ring (bicyclic) bond motifs is 1. The van der Waals surface area contributed by atoms with Gasteiger partial charge in [-0.3, -0.25) is 0 Å². The van der Waals surface area contributed by atoms with Gasteiger partial charge in [-0.25, -0.2) is 9.50 Å². The molecule has 2 aromatic rings. The van der Waals surface area contributed by atoms with E-state index in [-0.39, 0.29) is 0 Å². The molecule has 12 heavy (non-hydrogen) atoms. The molecular weight excluding hydrogens is 154 g/mol. The Hall–Kier alpha value is -1.49. The van der Waals surface area contributed by atoms with Crippen LogP contribution in [0.2, 0.25) is 0 Å². The summed E-state index contributed by atoms with van der Waals surface area (Å²) in [6.45, 7) is 0.627. The molecule has 0 aromatic carbocycles. The van der Waals surface area contributed by atoms with Gasteiger partial charge >= 0.3 is 0 Å². The lowest BCUT2D eigenvalue weighted by Crippen LogP contribution is -2.04. The molecule has 5 nitrogen and oxygen atoms in total. The Labute approximate surface area is 69.2 Å². The van der Waals surface area contributed by atoms with Crippen LogP contribution in [-0.2, 0) is 6.42 Å². The molecular formula is C7H9N5. The lowest BCUT2D eigenvalue weighted by molar-refractivity contribution is 0.884. The summed E-state index contributed by atoms with van der Waals surface area (Å²) < 4.78 is 1.64. The highest BCUT2D eigenvalue weighted by Crippen LogP contribution is 1.98. The minimum Gasteiger partial charge on any atom is -0.330 e. The van der Waals surface area contributed by atoms with E-state index in [9.17, 15) is 0 Å². The van der Waals surface area contributed by atoms with Gasteiger partial charge in [-0.1, -0.05) is 0 Å². The molecule has 2 N–H and O–H groups in total. The molecule has 2 aromatic heterocycles. The first kappa shape index (κ1) is 7.17. The molecule has 0 atom stereocenters. The maximum atomic E-state index is 5.41. The number of rotatable bonds is 2. The Morgan fingerprint density at radius 1 is 1.42 bits per heavy atom. The van der Waals surface area contributed by atoms with Crippen molar-refractivity contribution in [3.05, 3.63) is 24.3 Å². The van der Waals surface area contributed by atoms with Crippen molar-refractivity contribution < 1.29 is 0 Å². The summed E-state index contributed by atoms with van der Waals surface area (Å²) >= 11 is 0. The van der Waals surface area contributed by atoms with Crippen molar-refractivity contribution in [2.45, 2.75) is 6.42 Å². The molecule has 0 bridgehead atoms. The van der Waals surface area contributed by atoms with E-state index in [0.29, 0.717) is 12.3 Å². The van der Waals surface area contributed by atoms with Crippen molar-refractivity contribution in [1.82, 2.24) is 19.6 Å². The molecule has 0 saturated carbocycles. The van der Waals surface area contributed by atoms with Crippen LogP contribution in [0.1, 0.15) is 5.56 Å². The van der Waals surface area contributed by atoms with Gasteiger partial charge < -0.3 is 5.73 Å². The standard InChI is InChI=1S/C7H9N5/c8-2-1-6-3-9-7-10-5-11-12(7)4-6/h3-5H,1-2,8H2. The fourth-order valence-corrected chi connectivity index (χ4v) is 1.05. The smallest absolute Gasteiger partial charge is 0.252 e. The van der Waals surface area contributed by atoms with Crippen molar-refractivity contribution in [3.8, 4) is 0 Å². The first-order valence-corrected chi connectivity index (χ1v) is 3.74. The van der Waals surface area contributed by atoms with E-state index in [0.717, 1.165) is 12.0 Å². The van der Waals surface area contributed by atoms with E-state index < -0.39 is 0 Å². The molecule has 0 radical (unpaired) electrons. The lowest BCUT2D eigenvalue weighted by atomic mass is 10.2. The van der Waals surface area contributed by atoms with Crippen LogP contribution in [0.25, 0.3) is 5.78 Å². The van der Waals surface area contributed by atoms with Crippen LogP contribution >= 0.6 is 0 Å². The van der Waals surface area contributed by atoms with Gasteiger partial charge in [0.2, 0.25) is 0 Å². The van der Waals surface area contributed by atoms with Crippen molar-refractivity contribution in [2.75, 3.05) is 6.54 Å². The Morgan fingerprint density at radius 3 is 3.17 bits per heavy atom. The van der Waals surface area contributed by atoms with Gasteiger partial charge in [-0.05, 0) is 18.5 Å². The molecule has 0 aliphatic rings. The summed E-state index contributed by atoms with van der Waals surface area (Å²) in [5.74, 6) is 0.621. The van der Waals surface area contributed by atoms with Gasteiger partial charge in [-0.15, -0.1) is 0 Å². The maximum absolute atomic E-state index is 5.41. The molecule has 0 spiro atoms. The van der Waals surface area contributed by atoms with E-state index in [1.807, 2.05) is 6.20 Å². The fraction of sp³-hybridized carbons (Fsp3) is 0.286. The van der Waals surface area contributed by atoms with Gasteiger partial charge in [0, 0.05) is 12.4 Å². The van der Waals surface area contributed by atoms with Crippen LogP contribution < -0.4 is 5.73 Å². The minimum atomic E-state index is 0.621. The average molecular weight is 163 g/mol. The van der Waals surface area contributed by atoms with Crippen molar-refractivity contribution >= 4 is 5.78 Å². The summed E-state index contributed by atoms with van der Waals surface area (Å²) in [6, 6.07) is 0. The number of nitrogens with two attached hydrogens (primary N) is 1. The van der Waals surface area contributed by atoms with Crippen molar-refractivity contribution in [2.24, 2.45) is 5.73 Å². The van der Waals surface area contributed by atoms with Crippen LogP contribution in [0.3, 0.4) is 0 Å². The minimum absolute atomic E-state index is 0.621. The number of nitrogens with zero attached hydrogens (tertiary/aromatic N) is 4. The monoisotopic (exact) mass is 163 g/mol. The third-order valence-electron chi connectivity index (χ3n) is 1.62. The summed E-state index contributed by atoms with van der Waals surface area (Å²) in [5, 5.41) is 3.96. The molecule has 0 aliphatic carbocycles. The molecule has 2 heterocycles. The summed E-state index contributed by atoms with van der Waals surface area (Å²) in [7, 11) is 0. The summed E-state index contributed by atoms with van der Waals surface area (Å²) in [5.41, 5.74) is 6.49. The largest absolute Gasteiger partial charge is 0.330 e. The second-order valence-electron chi connectivity index (χ2n) is 2.51. The highest BCUT2D eigenvalue weighted by Gasteiger charge is 1.97. The van der Waals surface area contributed by atoms with E-state index in [2.05, 4.69) is 15.1 Å². The second-order valence-corrected chi connectivity index (χ2v) is 2.51. The van der Waals surface area contributed by atoms with Crippen molar-refractivity contribution in [1.29, 1.82) is 0 Å². The summed E-state index contributed by atoms with van der Waals surface area (Å²) in [6.07, 6.45) is 5.97. The zero-order valence-electron chi connectivity index (χ0n) is 6.51. The Morgan fingerprint density at radius 2 is 2.33 bits per heavy atom. The zero-order chi connectivity index (χ0) is 8.39. The van der Waals surface area contributed by atoms with Crippen LogP contribution in [-0.4, -0.2) is 26.1 Å². The molecule has 0 fully saturated rings. The Kier molecular flexibility index (Phi) is 1.71. The number of hydrogen-bond donors (Lipinski definition) is 1. The van der Waals surface area contributed by atoms with Gasteiger partial charge in [0.15, 0.2) is 0 Å². The SMILES string of the molecule is NCCc1cnc2ncnn2c1. The number of aromatic nitrogens is 4. The van der Waals surface area contributed by atoms with E-state index >= 15 is 0 Å². The maximum Gasteiger partial charge on any atom is 0.252 e. The highest BCUT2D eigenvalue weighted by molar-refractivity contribution is 5.25. The average Bonchev–Trinajstić information content (AvgIpc) is 2.51. The van der Waals surface area contributed by atoms with E-state index in [1.165, 1.54) is 6.33 Å². The van der Waals surface area contributed by atoms with Gasteiger partial charge in [0.1, 0.15) is 6.33 Å². The van der Waals surface area contributed by atoms with E-state index in [4.69, 9.17) is 5.73 Å². The first-order valence-electron chi connectivity index (χ1n) is 3.74. The molecule has 0 saturated heterocycles. The molecule has 2 rings (SSSR count). The number of hydrogen-bond acceptors (Lipinski definition) is 4. The molecule has 62 valence electrons. The lowest BCUT2D eigenvalue weighted by Gasteiger charge is -1.96.